The SMILES string of the molecule is CCC1CNCCC1(O)c1ccc(C)c(F)c1. The summed E-state index contributed by atoms with van der Waals surface area (Å²) < 4.78 is 13.6. The predicted octanol–water partition coefficient (Wildman–Crippen LogP) is 2.34. The molecule has 0 spiro atoms. The van der Waals surface area contributed by atoms with Gasteiger partial charge in [0.25, 0.3) is 0 Å². The Morgan fingerprint density at radius 1 is 1.53 bits per heavy atom. The van der Waals surface area contributed by atoms with Crippen molar-refractivity contribution in [2.75, 3.05) is 13.1 Å². The van der Waals surface area contributed by atoms with Crippen LogP contribution in [-0.4, -0.2) is 18.2 Å². The number of rotatable bonds is 2. The molecule has 1 aromatic carbocycles. The summed E-state index contributed by atoms with van der Waals surface area (Å²) in [5.41, 5.74) is 0.461. The Hall–Kier alpha value is -0.930. The number of halogens is 1. The van der Waals surface area contributed by atoms with E-state index in [0.717, 1.165) is 19.5 Å². The molecule has 0 amide bonds. The van der Waals surface area contributed by atoms with Crippen molar-refractivity contribution in [3.8, 4) is 0 Å². The van der Waals surface area contributed by atoms with Crippen molar-refractivity contribution >= 4 is 0 Å². The second-order valence-corrected chi connectivity index (χ2v) is 4.95. The zero-order valence-corrected chi connectivity index (χ0v) is 10.5. The number of hydrogen-bond donors (Lipinski definition) is 2. The minimum absolute atomic E-state index is 0.151. The first kappa shape index (κ1) is 12.5. The van der Waals surface area contributed by atoms with Crippen molar-refractivity contribution in [2.45, 2.75) is 32.3 Å². The summed E-state index contributed by atoms with van der Waals surface area (Å²) >= 11 is 0. The van der Waals surface area contributed by atoms with Gasteiger partial charge in [-0.25, -0.2) is 4.39 Å². The molecule has 0 saturated carbocycles. The molecule has 2 atom stereocenters. The van der Waals surface area contributed by atoms with Crippen LogP contribution < -0.4 is 5.32 Å². The van der Waals surface area contributed by atoms with Gasteiger partial charge in [-0.05, 0) is 43.5 Å². The maximum absolute atomic E-state index is 13.6. The molecule has 0 bridgehead atoms. The second-order valence-electron chi connectivity index (χ2n) is 4.95. The molecule has 2 unspecified atom stereocenters. The predicted molar refractivity (Wildman–Crippen MR) is 66.3 cm³/mol. The summed E-state index contributed by atoms with van der Waals surface area (Å²) in [4.78, 5) is 0. The molecule has 1 aliphatic rings. The molecule has 94 valence electrons. The lowest BCUT2D eigenvalue weighted by Crippen LogP contribution is -2.47. The number of aliphatic hydroxyl groups is 1. The average Bonchev–Trinajstić information content (AvgIpc) is 2.33. The van der Waals surface area contributed by atoms with Crippen LogP contribution in [0.3, 0.4) is 0 Å². The van der Waals surface area contributed by atoms with Crippen LogP contribution in [0.5, 0.6) is 0 Å². The van der Waals surface area contributed by atoms with Gasteiger partial charge in [-0.2, -0.15) is 0 Å². The van der Waals surface area contributed by atoms with Crippen molar-refractivity contribution in [1.29, 1.82) is 0 Å². The molecule has 1 heterocycles. The van der Waals surface area contributed by atoms with Gasteiger partial charge >= 0.3 is 0 Å². The monoisotopic (exact) mass is 237 g/mol. The van der Waals surface area contributed by atoms with Gasteiger partial charge < -0.3 is 10.4 Å². The third-order valence-corrected chi connectivity index (χ3v) is 3.91. The third kappa shape index (κ3) is 2.22. The Morgan fingerprint density at radius 2 is 2.29 bits per heavy atom. The Morgan fingerprint density at radius 3 is 2.94 bits per heavy atom. The van der Waals surface area contributed by atoms with Gasteiger partial charge in [0.05, 0.1) is 5.60 Å². The highest BCUT2D eigenvalue weighted by atomic mass is 19.1. The summed E-state index contributed by atoms with van der Waals surface area (Å²) in [6.45, 7) is 5.38. The van der Waals surface area contributed by atoms with Crippen LogP contribution in [0.15, 0.2) is 18.2 Å². The molecule has 3 heteroatoms. The Labute approximate surface area is 102 Å². The summed E-state index contributed by atoms with van der Waals surface area (Å²) in [5.74, 6) is -0.0809. The first-order valence-corrected chi connectivity index (χ1v) is 6.27. The van der Waals surface area contributed by atoms with Crippen molar-refractivity contribution in [3.63, 3.8) is 0 Å². The largest absolute Gasteiger partial charge is 0.385 e. The molecule has 1 saturated heterocycles. The van der Waals surface area contributed by atoms with Crippen molar-refractivity contribution in [2.24, 2.45) is 5.92 Å². The quantitative estimate of drug-likeness (QED) is 0.827. The van der Waals surface area contributed by atoms with E-state index in [1.165, 1.54) is 6.07 Å². The number of benzene rings is 1. The maximum atomic E-state index is 13.6. The highest BCUT2D eigenvalue weighted by Crippen LogP contribution is 2.37. The zero-order chi connectivity index (χ0) is 12.5. The lowest BCUT2D eigenvalue weighted by Gasteiger charge is -2.40. The van der Waals surface area contributed by atoms with Crippen molar-refractivity contribution < 1.29 is 9.50 Å². The van der Waals surface area contributed by atoms with Crippen molar-refractivity contribution in [3.05, 3.63) is 35.1 Å². The van der Waals surface area contributed by atoms with E-state index in [1.807, 2.05) is 6.07 Å². The summed E-state index contributed by atoms with van der Waals surface area (Å²) in [6.07, 6.45) is 1.53. The smallest absolute Gasteiger partial charge is 0.126 e. The molecule has 0 aromatic heterocycles. The molecular formula is C14H20FNO. The molecule has 0 aliphatic carbocycles. The topological polar surface area (TPSA) is 32.3 Å². The number of nitrogens with one attached hydrogen (secondary N) is 1. The van der Waals surface area contributed by atoms with Crippen LogP contribution in [-0.2, 0) is 5.60 Å². The van der Waals surface area contributed by atoms with Gasteiger partial charge in [0, 0.05) is 12.5 Å². The Balaban J connectivity index is 2.37. The van der Waals surface area contributed by atoms with Crippen LogP contribution in [0.25, 0.3) is 0 Å². The minimum Gasteiger partial charge on any atom is -0.385 e. The van der Waals surface area contributed by atoms with Crippen LogP contribution in [0.2, 0.25) is 0 Å². The fraction of sp³-hybridized carbons (Fsp3) is 0.571. The van der Waals surface area contributed by atoms with Gasteiger partial charge in [0.2, 0.25) is 0 Å². The molecule has 1 fully saturated rings. The number of hydrogen-bond acceptors (Lipinski definition) is 2. The van der Waals surface area contributed by atoms with E-state index in [4.69, 9.17) is 0 Å². The second kappa shape index (κ2) is 4.75. The van der Waals surface area contributed by atoms with Crippen LogP contribution in [0.1, 0.15) is 30.9 Å². The molecular weight excluding hydrogens is 217 g/mol. The van der Waals surface area contributed by atoms with Crippen LogP contribution in [0.4, 0.5) is 4.39 Å². The van der Waals surface area contributed by atoms with Crippen LogP contribution in [0, 0.1) is 18.7 Å². The standard InChI is InChI=1S/C14H20FNO/c1-3-11-9-16-7-6-14(11,17)12-5-4-10(2)13(15)8-12/h4-5,8,11,16-17H,3,6-7,9H2,1-2H3. The Kier molecular flexibility index (Phi) is 3.50. The normalized spacial score (nSPS) is 29.3. The van der Waals surface area contributed by atoms with Gasteiger partial charge in [0.1, 0.15) is 5.82 Å². The zero-order valence-electron chi connectivity index (χ0n) is 10.5. The van der Waals surface area contributed by atoms with Gasteiger partial charge in [-0.1, -0.05) is 19.1 Å². The fourth-order valence-electron chi connectivity index (χ4n) is 2.65. The lowest BCUT2D eigenvalue weighted by atomic mass is 9.75. The highest BCUT2D eigenvalue weighted by molar-refractivity contribution is 5.29. The fourth-order valence-corrected chi connectivity index (χ4v) is 2.65. The molecule has 1 aromatic rings. The molecule has 17 heavy (non-hydrogen) atoms. The molecule has 2 N–H and O–H groups in total. The van der Waals surface area contributed by atoms with E-state index in [1.54, 1.807) is 13.0 Å². The van der Waals surface area contributed by atoms with E-state index in [9.17, 15) is 9.50 Å². The summed E-state index contributed by atoms with van der Waals surface area (Å²) in [6, 6.07) is 5.09. The van der Waals surface area contributed by atoms with Gasteiger partial charge in [-0.15, -0.1) is 0 Å². The van der Waals surface area contributed by atoms with E-state index in [-0.39, 0.29) is 11.7 Å². The number of aryl methyl sites for hydroxylation is 1. The van der Waals surface area contributed by atoms with E-state index in [0.29, 0.717) is 17.5 Å². The van der Waals surface area contributed by atoms with E-state index < -0.39 is 5.60 Å². The molecule has 2 rings (SSSR count). The maximum Gasteiger partial charge on any atom is 0.126 e. The Bertz CT molecular complexity index is 407. The highest BCUT2D eigenvalue weighted by Gasteiger charge is 2.39. The number of piperidine rings is 1. The molecule has 1 aliphatic heterocycles. The van der Waals surface area contributed by atoms with E-state index in [2.05, 4.69) is 12.2 Å². The minimum atomic E-state index is -0.880. The molecule has 2 nitrogen and oxygen atoms in total. The third-order valence-electron chi connectivity index (χ3n) is 3.91. The first-order valence-electron chi connectivity index (χ1n) is 6.27. The molecule has 0 radical (unpaired) electrons. The lowest BCUT2D eigenvalue weighted by molar-refractivity contribution is -0.0480. The van der Waals surface area contributed by atoms with Crippen molar-refractivity contribution in [1.82, 2.24) is 5.32 Å². The van der Waals surface area contributed by atoms with E-state index >= 15 is 0 Å². The first-order chi connectivity index (χ1) is 8.08. The summed E-state index contributed by atoms with van der Waals surface area (Å²) in [5, 5.41) is 14.1. The van der Waals surface area contributed by atoms with Gasteiger partial charge in [0.15, 0.2) is 0 Å². The van der Waals surface area contributed by atoms with Gasteiger partial charge in [-0.3, -0.25) is 0 Å². The average molecular weight is 237 g/mol. The summed E-state index contributed by atoms with van der Waals surface area (Å²) in [7, 11) is 0. The van der Waals surface area contributed by atoms with Crippen LogP contribution >= 0.6 is 0 Å².